The van der Waals surface area contributed by atoms with Crippen molar-refractivity contribution in [2.24, 2.45) is 0 Å². The summed E-state index contributed by atoms with van der Waals surface area (Å²) in [6, 6.07) is 5.15. The Kier molecular flexibility index (Phi) is 4.78. The summed E-state index contributed by atoms with van der Waals surface area (Å²) in [5.74, 6) is -0.891. The Morgan fingerprint density at radius 1 is 1.53 bits per heavy atom. The summed E-state index contributed by atoms with van der Waals surface area (Å²) in [6.45, 7) is 0.965. The van der Waals surface area contributed by atoms with Crippen LogP contribution >= 0.6 is 15.9 Å². The minimum Gasteiger partial charge on any atom is -0.478 e. The fraction of sp³-hybridized carbons (Fsp3) is 0.364. The molecule has 0 amide bonds. The third-order valence-corrected chi connectivity index (χ3v) is 2.91. The maximum atomic E-state index is 10.7. The van der Waals surface area contributed by atoms with Crippen LogP contribution in [-0.4, -0.2) is 24.7 Å². The first kappa shape index (κ1) is 12.2. The predicted molar refractivity (Wildman–Crippen MR) is 63.3 cm³/mol. The predicted octanol–water partition coefficient (Wildman–Crippen LogP) is 2.30. The van der Waals surface area contributed by atoms with Gasteiger partial charge in [-0.15, -0.1) is 0 Å². The number of halogens is 1. The highest BCUT2D eigenvalue weighted by atomic mass is 79.9. The van der Waals surface area contributed by atoms with Gasteiger partial charge >= 0.3 is 5.97 Å². The second kappa shape index (κ2) is 5.88. The molecule has 0 aliphatic heterocycles. The zero-order valence-corrected chi connectivity index (χ0v) is 10.2. The molecule has 0 spiro atoms. The average molecular weight is 272 g/mol. The van der Waals surface area contributed by atoms with Crippen molar-refractivity contribution < 1.29 is 9.90 Å². The Morgan fingerprint density at radius 2 is 2.27 bits per heavy atom. The summed E-state index contributed by atoms with van der Waals surface area (Å²) in [5, 5.41) is 11.9. The van der Waals surface area contributed by atoms with Gasteiger partial charge in [0.05, 0.1) is 5.56 Å². The second-order valence-electron chi connectivity index (χ2n) is 3.32. The number of carbonyl (C=O) groups is 1. The van der Waals surface area contributed by atoms with E-state index in [0.29, 0.717) is 5.56 Å². The van der Waals surface area contributed by atoms with E-state index in [9.17, 15) is 4.79 Å². The van der Waals surface area contributed by atoms with Gasteiger partial charge in [0.25, 0.3) is 0 Å². The van der Waals surface area contributed by atoms with E-state index < -0.39 is 5.97 Å². The smallest absolute Gasteiger partial charge is 0.335 e. The summed E-state index contributed by atoms with van der Waals surface area (Å²) in [7, 11) is 1.92. The Labute approximate surface area is 97.6 Å². The largest absolute Gasteiger partial charge is 0.478 e. The zero-order chi connectivity index (χ0) is 11.3. The van der Waals surface area contributed by atoms with E-state index in [1.54, 1.807) is 12.1 Å². The molecule has 0 heterocycles. The number of hydrogen-bond donors (Lipinski definition) is 2. The Morgan fingerprint density at radius 3 is 2.80 bits per heavy atom. The zero-order valence-electron chi connectivity index (χ0n) is 8.59. The van der Waals surface area contributed by atoms with Gasteiger partial charge in [0.15, 0.2) is 0 Å². The minimum absolute atomic E-state index is 0.319. The van der Waals surface area contributed by atoms with Gasteiger partial charge in [-0.05, 0) is 44.1 Å². The molecule has 0 saturated heterocycles. The molecule has 0 bridgehead atoms. The van der Waals surface area contributed by atoms with Gasteiger partial charge in [-0.2, -0.15) is 0 Å². The number of rotatable bonds is 5. The standard InChI is InChI=1S/C11H14BrNO2/c1-13-6-2-3-8-4-5-9(11(14)15)7-10(8)12/h4-5,7,13H,2-3,6H2,1H3,(H,14,15). The molecule has 1 rings (SSSR count). The third kappa shape index (κ3) is 3.64. The van der Waals surface area contributed by atoms with E-state index in [0.717, 1.165) is 29.4 Å². The van der Waals surface area contributed by atoms with Crippen molar-refractivity contribution in [1.82, 2.24) is 5.32 Å². The Bertz CT molecular complexity index is 352. The number of aryl methyl sites for hydroxylation is 1. The normalized spacial score (nSPS) is 10.3. The van der Waals surface area contributed by atoms with Crippen LogP contribution in [0.2, 0.25) is 0 Å². The fourth-order valence-corrected chi connectivity index (χ4v) is 1.92. The molecule has 15 heavy (non-hydrogen) atoms. The van der Waals surface area contributed by atoms with Gasteiger partial charge in [0, 0.05) is 4.47 Å². The first-order valence-corrected chi connectivity index (χ1v) is 5.60. The highest BCUT2D eigenvalue weighted by molar-refractivity contribution is 9.10. The van der Waals surface area contributed by atoms with Crippen molar-refractivity contribution in [3.8, 4) is 0 Å². The van der Waals surface area contributed by atoms with E-state index in [1.165, 1.54) is 0 Å². The lowest BCUT2D eigenvalue weighted by molar-refractivity contribution is 0.0697. The Balaban J connectivity index is 2.70. The van der Waals surface area contributed by atoms with E-state index in [1.807, 2.05) is 13.1 Å². The molecule has 3 nitrogen and oxygen atoms in total. The van der Waals surface area contributed by atoms with Gasteiger partial charge in [-0.3, -0.25) is 0 Å². The van der Waals surface area contributed by atoms with Crippen molar-refractivity contribution in [3.63, 3.8) is 0 Å². The molecule has 0 atom stereocenters. The van der Waals surface area contributed by atoms with Gasteiger partial charge in [-0.1, -0.05) is 22.0 Å². The monoisotopic (exact) mass is 271 g/mol. The molecule has 2 N–H and O–H groups in total. The van der Waals surface area contributed by atoms with Crippen LogP contribution in [0.3, 0.4) is 0 Å². The number of aromatic carboxylic acids is 1. The Hall–Kier alpha value is -0.870. The van der Waals surface area contributed by atoms with Crippen LogP contribution in [0.15, 0.2) is 22.7 Å². The van der Waals surface area contributed by atoms with Crippen molar-refractivity contribution in [3.05, 3.63) is 33.8 Å². The molecule has 0 unspecified atom stereocenters. The topological polar surface area (TPSA) is 49.3 Å². The quantitative estimate of drug-likeness (QED) is 0.808. The highest BCUT2D eigenvalue weighted by Gasteiger charge is 2.06. The number of hydrogen-bond acceptors (Lipinski definition) is 2. The van der Waals surface area contributed by atoms with Crippen LogP contribution in [0, 0.1) is 0 Å². The molecule has 0 fully saturated rings. The van der Waals surface area contributed by atoms with Crippen molar-refractivity contribution in [2.45, 2.75) is 12.8 Å². The molecule has 0 aliphatic rings. The third-order valence-electron chi connectivity index (χ3n) is 2.17. The first-order valence-electron chi connectivity index (χ1n) is 4.81. The second-order valence-corrected chi connectivity index (χ2v) is 4.17. The lowest BCUT2D eigenvalue weighted by Crippen LogP contribution is -2.08. The molecule has 4 heteroatoms. The summed E-state index contributed by atoms with van der Waals surface area (Å²) >= 11 is 3.38. The van der Waals surface area contributed by atoms with Gasteiger partial charge in [0.2, 0.25) is 0 Å². The molecule has 1 aromatic rings. The molecular formula is C11H14BrNO2. The lowest BCUT2D eigenvalue weighted by atomic mass is 10.1. The van der Waals surface area contributed by atoms with Gasteiger partial charge in [-0.25, -0.2) is 4.79 Å². The number of carboxylic acids is 1. The summed E-state index contributed by atoms with van der Waals surface area (Å²) in [5.41, 5.74) is 1.47. The molecule has 0 aliphatic carbocycles. The van der Waals surface area contributed by atoms with E-state index in [-0.39, 0.29) is 0 Å². The van der Waals surface area contributed by atoms with Crippen LogP contribution in [0.4, 0.5) is 0 Å². The lowest BCUT2D eigenvalue weighted by Gasteiger charge is -2.05. The molecule has 1 aromatic carbocycles. The average Bonchev–Trinajstić information content (AvgIpc) is 2.20. The SMILES string of the molecule is CNCCCc1ccc(C(=O)O)cc1Br. The van der Waals surface area contributed by atoms with E-state index in [4.69, 9.17) is 5.11 Å². The van der Waals surface area contributed by atoms with Gasteiger partial charge < -0.3 is 10.4 Å². The first-order chi connectivity index (χ1) is 7.15. The number of carboxylic acid groups (broad SMARTS) is 1. The van der Waals surface area contributed by atoms with Crippen molar-refractivity contribution in [2.75, 3.05) is 13.6 Å². The van der Waals surface area contributed by atoms with Crippen LogP contribution < -0.4 is 5.32 Å². The summed E-state index contributed by atoms with van der Waals surface area (Å²) < 4.78 is 0.874. The van der Waals surface area contributed by atoms with Crippen LogP contribution in [0.5, 0.6) is 0 Å². The molecular weight excluding hydrogens is 258 g/mol. The number of nitrogens with one attached hydrogen (secondary N) is 1. The van der Waals surface area contributed by atoms with E-state index in [2.05, 4.69) is 21.2 Å². The molecule has 0 aromatic heterocycles. The van der Waals surface area contributed by atoms with Crippen LogP contribution in [-0.2, 0) is 6.42 Å². The minimum atomic E-state index is -0.891. The molecule has 0 saturated carbocycles. The fourth-order valence-electron chi connectivity index (χ4n) is 1.34. The highest BCUT2D eigenvalue weighted by Crippen LogP contribution is 2.20. The van der Waals surface area contributed by atoms with Crippen LogP contribution in [0.25, 0.3) is 0 Å². The molecule has 0 radical (unpaired) electrons. The van der Waals surface area contributed by atoms with Gasteiger partial charge in [0.1, 0.15) is 0 Å². The summed E-state index contributed by atoms with van der Waals surface area (Å²) in [4.78, 5) is 10.7. The number of benzene rings is 1. The van der Waals surface area contributed by atoms with Crippen molar-refractivity contribution >= 4 is 21.9 Å². The van der Waals surface area contributed by atoms with Crippen LogP contribution in [0.1, 0.15) is 22.3 Å². The van der Waals surface area contributed by atoms with Crippen molar-refractivity contribution in [1.29, 1.82) is 0 Å². The van der Waals surface area contributed by atoms with E-state index >= 15 is 0 Å². The summed E-state index contributed by atoms with van der Waals surface area (Å²) in [6.07, 6.45) is 1.99. The maximum Gasteiger partial charge on any atom is 0.335 e. The maximum absolute atomic E-state index is 10.7. The molecule has 82 valence electrons.